The van der Waals surface area contributed by atoms with E-state index in [1.807, 2.05) is 21.1 Å². The molecule has 0 aliphatic carbocycles. The molecular formula is C72H131N2O6P. The summed E-state index contributed by atoms with van der Waals surface area (Å²) in [6, 6.07) is -0.808. The van der Waals surface area contributed by atoms with Crippen molar-refractivity contribution in [3.63, 3.8) is 0 Å². The van der Waals surface area contributed by atoms with Gasteiger partial charge >= 0.3 is 0 Å². The van der Waals surface area contributed by atoms with Crippen molar-refractivity contribution < 1.29 is 32.9 Å². The van der Waals surface area contributed by atoms with Crippen molar-refractivity contribution in [1.29, 1.82) is 0 Å². The first-order chi connectivity index (χ1) is 39.5. The van der Waals surface area contributed by atoms with E-state index in [2.05, 4.69) is 116 Å². The Hall–Kier alpha value is -2.58. The van der Waals surface area contributed by atoms with Gasteiger partial charge in [-0.1, -0.05) is 317 Å². The zero-order chi connectivity index (χ0) is 59.1. The predicted molar refractivity (Wildman–Crippen MR) is 353 cm³/mol. The van der Waals surface area contributed by atoms with Gasteiger partial charge in [-0.2, -0.15) is 0 Å². The number of carbonyl (C=O) groups is 1. The predicted octanol–water partition coefficient (Wildman–Crippen LogP) is 21.1. The van der Waals surface area contributed by atoms with Gasteiger partial charge in [0.1, 0.15) is 13.2 Å². The highest BCUT2D eigenvalue weighted by atomic mass is 31.2. The second-order valence-electron chi connectivity index (χ2n) is 24.2. The Bertz CT molecular complexity index is 1640. The molecule has 0 saturated heterocycles. The van der Waals surface area contributed by atoms with Gasteiger partial charge in [0.25, 0.3) is 7.82 Å². The number of phosphoric ester groups is 1. The average molecular weight is 1150 g/mol. The van der Waals surface area contributed by atoms with E-state index in [0.717, 1.165) is 89.9 Å². The number of quaternary nitrogens is 1. The Morgan fingerprint density at radius 3 is 1.10 bits per heavy atom. The number of rotatable bonds is 62. The molecule has 3 atom stereocenters. The van der Waals surface area contributed by atoms with Crippen LogP contribution in [0.3, 0.4) is 0 Å². The molecule has 470 valence electrons. The van der Waals surface area contributed by atoms with Crippen LogP contribution in [0, 0.1) is 0 Å². The second-order valence-corrected chi connectivity index (χ2v) is 25.6. The lowest BCUT2D eigenvalue weighted by atomic mass is 10.0. The lowest BCUT2D eigenvalue weighted by Crippen LogP contribution is -2.46. The molecule has 0 aliphatic heterocycles. The van der Waals surface area contributed by atoms with Crippen LogP contribution in [-0.2, 0) is 18.4 Å². The molecule has 3 unspecified atom stereocenters. The number of hydrogen-bond acceptors (Lipinski definition) is 6. The lowest BCUT2D eigenvalue weighted by Gasteiger charge is -2.30. The zero-order valence-corrected chi connectivity index (χ0v) is 54.6. The first kappa shape index (κ1) is 78.4. The van der Waals surface area contributed by atoms with Gasteiger partial charge in [-0.25, -0.2) is 0 Å². The summed E-state index contributed by atoms with van der Waals surface area (Å²) in [4.78, 5) is 25.6. The molecule has 9 heteroatoms. The fourth-order valence-corrected chi connectivity index (χ4v) is 10.5. The van der Waals surface area contributed by atoms with Crippen LogP contribution in [0.2, 0.25) is 0 Å². The minimum atomic E-state index is -4.58. The fraction of sp³-hybridized carbons (Fsp3) is 0.764. The molecule has 0 aromatic rings. The van der Waals surface area contributed by atoms with E-state index in [1.54, 1.807) is 0 Å². The van der Waals surface area contributed by atoms with Gasteiger partial charge in [-0.3, -0.25) is 9.36 Å². The van der Waals surface area contributed by atoms with Crippen molar-refractivity contribution in [1.82, 2.24) is 5.32 Å². The van der Waals surface area contributed by atoms with Crippen molar-refractivity contribution in [3.05, 3.63) is 97.2 Å². The Morgan fingerprint density at radius 1 is 0.444 bits per heavy atom. The number of phosphoric acid groups is 1. The number of unbranched alkanes of at least 4 members (excludes halogenated alkanes) is 33. The maximum atomic E-state index is 13.0. The number of aliphatic hydroxyl groups excluding tert-OH is 1. The van der Waals surface area contributed by atoms with E-state index in [9.17, 15) is 19.4 Å². The molecule has 0 aromatic heterocycles. The van der Waals surface area contributed by atoms with Crippen LogP contribution in [0.25, 0.3) is 0 Å². The third-order valence-corrected chi connectivity index (χ3v) is 16.1. The van der Waals surface area contributed by atoms with Crippen LogP contribution >= 0.6 is 7.82 Å². The highest BCUT2D eigenvalue weighted by Crippen LogP contribution is 2.38. The molecule has 81 heavy (non-hydrogen) atoms. The maximum absolute atomic E-state index is 13.0. The number of hydrogen-bond donors (Lipinski definition) is 2. The maximum Gasteiger partial charge on any atom is 0.268 e. The molecule has 0 fully saturated rings. The van der Waals surface area contributed by atoms with Crippen molar-refractivity contribution in [2.45, 2.75) is 315 Å². The van der Waals surface area contributed by atoms with Gasteiger partial charge in [-0.15, -0.1) is 0 Å². The topological polar surface area (TPSA) is 108 Å². The van der Waals surface area contributed by atoms with Crippen molar-refractivity contribution in [2.75, 3.05) is 40.9 Å². The van der Waals surface area contributed by atoms with Crippen LogP contribution in [-0.4, -0.2) is 68.5 Å². The SMILES string of the molecule is CC/C=C\C/C=C\C/C=C\C/C=C\C/C=C\C/C=C\C/C=C\C/C=C\CCCCCCCCCCCCCCC(=O)NC(COP(=O)([O-])OCC[N+](C)(C)C)C(O)CCCCCCCCCCCCCCCCCCCCCCCC. The molecule has 0 saturated carbocycles. The molecular weight excluding hydrogens is 1020 g/mol. The summed E-state index contributed by atoms with van der Waals surface area (Å²) in [6.45, 7) is 4.63. The van der Waals surface area contributed by atoms with Crippen LogP contribution in [0.4, 0.5) is 0 Å². The van der Waals surface area contributed by atoms with Gasteiger partial charge in [0.15, 0.2) is 0 Å². The smallest absolute Gasteiger partial charge is 0.268 e. The van der Waals surface area contributed by atoms with E-state index in [1.165, 1.54) is 186 Å². The molecule has 0 rings (SSSR count). The molecule has 2 N–H and O–H groups in total. The molecule has 0 aliphatic rings. The average Bonchev–Trinajstić information content (AvgIpc) is 3.43. The third kappa shape index (κ3) is 64.8. The van der Waals surface area contributed by atoms with Crippen LogP contribution < -0.4 is 10.2 Å². The molecule has 0 spiro atoms. The zero-order valence-electron chi connectivity index (χ0n) is 53.7. The number of nitrogens with zero attached hydrogens (tertiary/aromatic N) is 1. The first-order valence-electron chi connectivity index (χ1n) is 34.1. The van der Waals surface area contributed by atoms with Crippen LogP contribution in [0.5, 0.6) is 0 Å². The Kier molecular flexibility index (Phi) is 60.0. The quantitative estimate of drug-likeness (QED) is 0.0272. The fourth-order valence-electron chi connectivity index (χ4n) is 9.82. The first-order valence-corrected chi connectivity index (χ1v) is 35.5. The van der Waals surface area contributed by atoms with Crippen LogP contribution in [0.15, 0.2) is 97.2 Å². The minimum Gasteiger partial charge on any atom is -0.756 e. The van der Waals surface area contributed by atoms with Gasteiger partial charge in [0.05, 0.1) is 39.9 Å². The van der Waals surface area contributed by atoms with Crippen LogP contribution in [0.1, 0.15) is 303 Å². The number of allylic oxidation sites excluding steroid dienone is 16. The molecule has 1 amide bonds. The van der Waals surface area contributed by atoms with Crippen molar-refractivity contribution in [2.24, 2.45) is 0 Å². The number of amides is 1. The van der Waals surface area contributed by atoms with E-state index < -0.39 is 20.0 Å². The van der Waals surface area contributed by atoms with Crippen molar-refractivity contribution in [3.8, 4) is 0 Å². The van der Waals surface area contributed by atoms with Gasteiger partial charge < -0.3 is 28.8 Å². The monoisotopic (exact) mass is 1150 g/mol. The Morgan fingerprint density at radius 2 is 0.753 bits per heavy atom. The van der Waals surface area contributed by atoms with Crippen molar-refractivity contribution >= 4 is 13.7 Å². The molecule has 8 nitrogen and oxygen atoms in total. The summed E-state index contributed by atoms with van der Waals surface area (Å²) in [6.07, 6.45) is 88.9. The molecule has 0 bridgehead atoms. The molecule has 0 heterocycles. The largest absolute Gasteiger partial charge is 0.756 e. The van der Waals surface area contributed by atoms with E-state index >= 15 is 0 Å². The summed E-state index contributed by atoms with van der Waals surface area (Å²) in [5.74, 6) is -0.167. The number of aliphatic hydroxyl groups is 1. The summed E-state index contributed by atoms with van der Waals surface area (Å²) in [5.41, 5.74) is 0. The Balaban J connectivity index is 4.07. The van der Waals surface area contributed by atoms with Gasteiger partial charge in [0, 0.05) is 6.42 Å². The lowest BCUT2D eigenvalue weighted by molar-refractivity contribution is -0.870. The highest BCUT2D eigenvalue weighted by Gasteiger charge is 2.24. The Labute approximate surface area is 502 Å². The van der Waals surface area contributed by atoms with Gasteiger partial charge in [-0.05, 0) is 77.0 Å². The summed E-state index contributed by atoms with van der Waals surface area (Å²) >= 11 is 0. The summed E-state index contributed by atoms with van der Waals surface area (Å²) in [5, 5.41) is 14.1. The van der Waals surface area contributed by atoms with E-state index in [-0.39, 0.29) is 19.1 Å². The summed E-state index contributed by atoms with van der Waals surface area (Å²) in [7, 11) is 1.30. The summed E-state index contributed by atoms with van der Waals surface area (Å²) < 4.78 is 23.5. The third-order valence-electron chi connectivity index (χ3n) is 15.1. The molecule has 0 radical (unpaired) electrons. The number of nitrogens with one attached hydrogen (secondary N) is 1. The standard InChI is InChI=1S/C72H131N2O6P/c1-6-8-10-12-14-16-18-20-22-24-26-28-30-31-32-33-34-35-36-37-38-39-40-41-42-43-44-46-48-50-52-54-56-58-60-62-64-66-72(76)73-70(69-80-81(77,78)79-68-67-74(3,4)5)71(75)65-63-61-59-57-55-53-51-49-47-45-29-27-25-23-21-19-17-15-13-11-9-7-2/h8,10,14,16,20,22,26,28,31-32,34-35,37-38,40-41,70-71,75H,6-7,9,11-13,15,17-19,21,23-25,27,29-30,33,36,39,42-69H2,1-5H3,(H-,73,76,77,78)/b10-8-,16-14-,22-20-,28-26-,32-31-,35-34-,38-37-,41-40-. The van der Waals surface area contributed by atoms with Gasteiger partial charge in [0.2, 0.25) is 5.91 Å². The van der Waals surface area contributed by atoms with E-state index in [0.29, 0.717) is 23.9 Å². The number of carbonyl (C=O) groups excluding carboxylic acids is 1. The molecule has 0 aromatic carbocycles. The minimum absolute atomic E-state index is 0.00908. The second kappa shape index (κ2) is 62.0. The number of likely N-dealkylation sites (N-methyl/N-ethyl adjacent to an activating group) is 1. The highest BCUT2D eigenvalue weighted by molar-refractivity contribution is 7.45. The normalized spacial score (nSPS) is 14.3. The van der Waals surface area contributed by atoms with E-state index in [4.69, 9.17) is 9.05 Å².